The van der Waals surface area contributed by atoms with Crippen LogP contribution in [0.15, 0.2) is 30.9 Å². The number of halogens is 1. The fourth-order valence-corrected chi connectivity index (χ4v) is 4.84. The number of ether oxygens (including phenoxy) is 1. The Morgan fingerprint density at radius 2 is 1.94 bits per heavy atom. The van der Waals surface area contributed by atoms with Crippen LogP contribution in [0.1, 0.15) is 16.1 Å². The SMILES string of the molecule is Cc1nc2c(N3CCOCC3)c(CC(=O)Cc3cnc(-n4nccn4)c(Cl)c3)cnc2s1. The van der Waals surface area contributed by atoms with E-state index in [0.29, 0.717) is 24.1 Å². The Balaban J connectivity index is 1.39. The number of pyridine rings is 2. The largest absolute Gasteiger partial charge is 0.378 e. The molecule has 0 saturated carbocycles. The van der Waals surface area contributed by atoms with Gasteiger partial charge < -0.3 is 9.64 Å². The van der Waals surface area contributed by atoms with Gasteiger partial charge in [0.15, 0.2) is 5.82 Å². The predicted octanol–water partition coefficient (Wildman–Crippen LogP) is 2.82. The summed E-state index contributed by atoms with van der Waals surface area (Å²) in [4.78, 5) is 31.1. The highest BCUT2D eigenvalue weighted by atomic mass is 35.5. The number of hydrogen-bond acceptors (Lipinski definition) is 9. The lowest BCUT2D eigenvalue weighted by molar-refractivity contribution is -0.117. The minimum atomic E-state index is 0.0513. The third-order valence-corrected chi connectivity index (χ3v) is 6.34. The maximum absolute atomic E-state index is 13.0. The fourth-order valence-electron chi connectivity index (χ4n) is 3.82. The van der Waals surface area contributed by atoms with Crippen LogP contribution in [0.4, 0.5) is 5.69 Å². The highest BCUT2D eigenvalue weighted by Crippen LogP contribution is 2.33. The number of hydrogen-bond donors (Lipinski definition) is 0. The van der Waals surface area contributed by atoms with Crippen molar-refractivity contribution < 1.29 is 9.53 Å². The number of aromatic nitrogens is 6. The van der Waals surface area contributed by atoms with Crippen molar-refractivity contribution in [1.29, 1.82) is 0 Å². The Kier molecular flexibility index (Phi) is 5.81. The summed E-state index contributed by atoms with van der Waals surface area (Å²) < 4.78 is 5.51. The van der Waals surface area contributed by atoms with Gasteiger partial charge in [-0.05, 0) is 18.6 Å². The summed E-state index contributed by atoms with van der Waals surface area (Å²) >= 11 is 7.91. The Morgan fingerprint density at radius 3 is 2.69 bits per heavy atom. The number of carbonyl (C=O) groups excluding carboxylic acids is 1. The molecular weight excluding hydrogens is 450 g/mol. The van der Waals surface area contributed by atoms with E-state index >= 15 is 0 Å². The van der Waals surface area contributed by atoms with E-state index in [2.05, 4.69) is 25.1 Å². The topological polar surface area (TPSA) is 98.9 Å². The van der Waals surface area contributed by atoms with Crippen molar-refractivity contribution in [1.82, 2.24) is 29.9 Å². The molecule has 11 heteroatoms. The van der Waals surface area contributed by atoms with Crippen molar-refractivity contribution in [3.63, 3.8) is 0 Å². The van der Waals surface area contributed by atoms with Crippen LogP contribution in [-0.2, 0) is 22.4 Å². The summed E-state index contributed by atoms with van der Waals surface area (Å²) in [5.74, 6) is 0.478. The number of rotatable bonds is 6. The molecular formula is C21H20ClN7O2S. The number of nitrogens with zero attached hydrogens (tertiary/aromatic N) is 7. The smallest absolute Gasteiger partial charge is 0.193 e. The van der Waals surface area contributed by atoms with Crippen molar-refractivity contribution in [3.05, 3.63) is 52.0 Å². The fraction of sp³-hybridized carbons (Fsp3) is 0.333. The summed E-state index contributed by atoms with van der Waals surface area (Å²) in [6, 6.07) is 1.74. The third-order valence-electron chi connectivity index (χ3n) is 5.19. The van der Waals surface area contributed by atoms with Gasteiger partial charge in [-0.15, -0.1) is 4.80 Å². The summed E-state index contributed by atoms with van der Waals surface area (Å²) in [6.07, 6.45) is 7.02. The minimum absolute atomic E-state index is 0.0513. The molecule has 0 bridgehead atoms. The highest BCUT2D eigenvalue weighted by molar-refractivity contribution is 7.18. The number of carbonyl (C=O) groups is 1. The number of Topliss-reactive ketones (excluding diaryl/α,β-unsaturated/α-hetero) is 1. The Labute approximate surface area is 193 Å². The number of anilines is 1. The number of ketones is 1. The molecule has 4 aromatic rings. The lowest BCUT2D eigenvalue weighted by atomic mass is 10.0. The summed E-state index contributed by atoms with van der Waals surface area (Å²) in [6.45, 7) is 4.81. The number of aryl methyl sites for hydroxylation is 1. The van der Waals surface area contributed by atoms with Crippen molar-refractivity contribution in [2.24, 2.45) is 0 Å². The Hall–Kier alpha value is -2.95. The van der Waals surface area contributed by atoms with E-state index in [1.165, 1.54) is 4.80 Å². The first-order valence-electron chi connectivity index (χ1n) is 10.2. The second-order valence-corrected chi connectivity index (χ2v) is 9.07. The van der Waals surface area contributed by atoms with Crippen LogP contribution in [0.2, 0.25) is 5.02 Å². The van der Waals surface area contributed by atoms with Gasteiger partial charge in [0.1, 0.15) is 16.1 Å². The molecule has 164 valence electrons. The Morgan fingerprint density at radius 1 is 1.16 bits per heavy atom. The van der Waals surface area contributed by atoms with E-state index in [0.717, 1.165) is 45.3 Å². The molecule has 0 spiro atoms. The molecule has 0 N–H and O–H groups in total. The zero-order valence-corrected chi connectivity index (χ0v) is 18.9. The average molecular weight is 470 g/mol. The molecule has 1 aliphatic heterocycles. The van der Waals surface area contributed by atoms with Crippen LogP contribution in [0.5, 0.6) is 0 Å². The highest BCUT2D eigenvalue weighted by Gasteiger charge is 2.22. The van der Waals surface area contributed by atoms with Crippen LogP contribution in [-0.4, -0.2) is 62.0 Å². The lowest BCUT2D eigenvalue weighted by Crippen LogP contribution is -2.37. The van der Waals surface area contributed by atoms with Crippen molar-refractivity contribution in [2.75, 3.05) is 31.2 Å². The molecule has 4 aromatic heterocycles. The van der Waals surface area contributed by atoms with Gasteiger partial charge in [0.25, 0.3) is 0 Å². The lowest BCUT2D eigenvalue weighted by Gasteiger charge is -2.30. The zero-order valence-electron chi connectivity index (χ0n) is 17.4. The molecule has 0 unspecified atom stereocenters. The van der Waals surface area contributed by atoms with Crippen molar-refractivity contribution >= 4 is 44.8 Å². The molecule has 5 heterocycles. The van der Waals surface area contributed by atoms with Crippen molar-refractivity contribution in [3.8, 4) is 5.82 Å². The normalized spacial score (nSPS) is 14.2. The van der Waals surface area contributed by atoms with E-state index in [4.69, 9.17) is 21.3 Å². The molecule has 0 atom stereocenters. The van der Waals surface area contributed by atoms with Crippen LogP contribution >= 0.6 is 22.9 Å². The average Bonchev–Trinajstić information content (AvgIpc) is 3.43. The van der Waals surface area contributed by atoms with Gasteiger partial charge in [0, 0.05) is 43.9 Å². The standard InChI is InChI=1S/C21H20ClN7O2S/c1-13-27-18-19(28-4-6-31-7-5-28)15(12-24-21(18)32-13)10-16(30)8-14-9-17(22)20(23-11-14)29-25-2-3-26-29/h2-3,9,11-12H,4-8,10H2,1H3. The molecule has 1 saturated heterocycles. The van der Waals surface area contributed by atoms with Crippen LogP contribution in [0, 0.1) is 6.92 Å². The zero-order chi connectivity index (χ0) is 22.1. The second-order valence-electron chi connectivity index (χ2n) is 7.48. The van der Waals surface area contributed by atoms with E-state index in [1.54, 1.807) is 42.2 Å². The van der Waals surface area contributed by atoms with Gasteiger partial charge in [-0.1, -0.05) is 22.9 Å². The number of morpholine rings is 1. The van der Waals surface area contributed by atoms with Gasteiger partial charge in [-0.3, -0.25) is 4.79 Å². The first-order valence-corrected chi connectivity index (χ1v) is 11.4. The van der Waals surface area contributed by atoms with Crippen LogP contribution in [0.25, 0.3) is 16.2 Å². The van der Waals surface area contributed by atoms with Gasteiger partial charge in [0.05, 0.1) is 41.3 Å². The molecule has 5 rings (SSSR count). The summed E-state index contributed by atoms with van der Waals surface area (Å²) in [5, 5.41) is 9.43. The molecule has 0 radical (unpaired) electrons. The summed E-state index contributed by atoms with van der Waals surface area (Å²) in [5.41, 5.74) is 3.47. The minimum Gasteiger partial charge on any atom is -0.378 e. The van der Waals surface area contributed by atoms with Crippen LogP contribution < -0.4 is 4.90 Å². The molecule has 1 fully saturated rings. The molecule has 0 aromatic carbocycles. The first kappa shape index (κ1) is 20.9. The van der Waals surface area contributed by atoms with Crippen molar-refractivity contribution in [2.45, 2.75) is 19.8 Å². The van der Waals surface area contributed by atoms with Gasteiger partial charge in [-0.25, -0.2) is 15.0 Å². The maximum atomic E-state index is 13.0. The van der Waals surface area contributed by atoms with Gasteiger partial charge >= 0.3 is 0 Å². The molecule has 1 aliphatic rings. The van der Waals surface area contributed by atoms with E-state index in [1.807, 2.05) is 6.92 Å². The van der Waals surface area contributed by atoms with E-state index in [9.17, 15) is 4.79 Å². The molecule has 32 heavy (non-hydrogen) atoms. The maximum Gasteiger partial charge on any atom is 0.193 e. The second kappa shape index (κ2) is 8.89. The van der Waals surface area contributed by atoms with E-state index in [-0.39, 0.29) is 18.6 Å². The van der Waals surface area contributed by atoms with Gasteiger partial charge in [0.2, 0.25) is 0 Å². The first-order chi connectivity index (χ1) is 15.6. The number of fused-ring (bicyclic) bond motifs is 1. The van der Waals surface area contributed by atoms with E-state index < -0.39 is 0 Å². The quantitative estimate of drug-likeness (QED) is 0.425. The molecule has 0 amide bonds. The molecule has 9 nitrogen and oxygen atoms in total. The molecule has 0 aliphatic carbocycles. The number of thiazole rings is 1. The van der Waals surface area contributed by atoms with Crippen LogP contribution in [0.3, 0.4) is 0 Å². The summed E-state index contributed by atoms with van der Waals surface area (Å²) in [7, 11) is 0. The Bertz CT molecular complexity index is 1270. The van der Waals surface area contributed by atoms with Gasteiger partial charge in [-0.2, -0.15) is 10.2 Å². The monoisotopic (exact) mass is 469 g/mol. The third kappa shape index (κ3) is 4.21. The predicted molar refractivity (Wildman–Crippen MR) is 122 cm³/mol.